The Labute approximate surface area is 153 Å². The van der Waals surface area contributed by atoms with Crippen LogP contribution in [0, 0.1) is 0 Å². The number of methoxy groups -OCH3 is 1. The molecule has 7 heteroatoms. The van der Waals surface area contributed by atoms with E-state index in [9.17, 15) is 4.79 Å². The van der Waals surface area contributed by atoms with Gasteiger partial charge in [0.1, 0.15) is 17.8 Å². The van der Waals surface area contributed by atoms with Gasteiger partial charge < -0.3 is 20.3 Å². The second-order valence-corrected chi connectivity index (χ2v) is 6.26. The number of amides is 1. The molecule has 26 heavy (non-hydrogen) atoms. The number of ether oxygens (including phenoxy) is 1. The third-order valence-corrected chi connectivity index (χ3v) is 4.32. The molecule has 1 fully saturated rings. The van der Waals surface area contributed by atoms with Crippen molar-refractivity contribution >= 4 is 23.1 Å². The Hall–Kier alpha value is -2.67. The molecule has 1 saturated heterocycles. The minimum Gasteiger partial charge on any atom is -0.385 e. The Morgan fingerprint density at radius 2 is 1.96 bits per heavy atom. The van der Waals surface area contributed by atoms with Crippen molar-refractivity contribution in [2.24, 2.45) is 0 Å². The first-order chi connectivity index (χ1) is 12.8. The number of hydrogen-bond acceptors (Lipinski definition) is 6. The molecule has 0 saturated carbocycles. The number of nitrogens with one attached hydrogen (secondary N) is 2. The molecular formula is C19H25N5O2. The molecule has 3 rings (SSSR count). The first-order valence-electron chi connectivity index (χ1n) is 8.97. The Bertz CT molecular complexity index is 714. The van der Waals surface area contributed by atoms with E-state index in [2.05, 4.69) is 37.6 Å². The van der Waals surface area contributed by atoms with Gasteiger partial charge in [0.15, 0.2) is 0 Å². The predicted molar refractivity (Wildman–Crippen MR) is 102 cm³/mol. The van der Waals surface area contributed by atoms with E-state index in [1.807, 2.05) is 12.1 Å². The zero-order valence-electron chi connectivity index (χ0n) is 15.1. The quantitative estimate of drug-likeness (QED) is 0.709. The minimum atomic E-state index is -0.212. The van der Waals surface area contributed by atoms with E-state index >= 15 is 0 Å². The summed E-state index contributed by atoms with van der Waals surface area (Å²) in [5.74, 6) is 0.381. The molecule has 0 atom stereocenters. The standard InChI is InChI=1S/C19H25N5O2/c1-26-12-4-9-20-19(25)17-13-18(22-14-21-17)23-15-5-7-16(8-6-15)24-10-2-3-11-24/h5-8,13-14H,2-4,9-12H2,1H3,(H,20,25)(H,21,22,23). The van der Waals surface area contributed by atoms with Crippen LogP contribution in [0.3, 0.4) is 0 Å². The molecule has 1 aliphatic heterocycles. The SMILES string of the molecule is COCCCNC(=O)c1cc(Nc2ccc(N3CCCC3)cc2)ncn1. The van der Waals surface area contributed by atoms with Crippen LogP contribution in [0.5, 0.6) is 0 Å². The third-order valence-electron chi connectivity index (χ3n) is 4.32. The van der Waals surface area contributed by atoms with Crippen LogP contribution in [0.15, 0.2) is 36.7 Å². The van der Waals surface area contributed by atoms with Crippen LogP contribution in [0.1, 0.15) is 29.8 Å². The van der Waals surface area contributed by atoms with Crippen LogP contribution in [0.2, 0.25) is 0 Å². The number of aromatic nitrogens is 2. The maximum absolute atomic E-state index is 12.1. The highest BCUT2D eigenvalue weighted by Crippen LogP contribution is 2.23. The van der Waals surface area contributed by atoms with Gasteiger partial charge in [-0.1, -0.05) is 0 Å². The monoisotopic (exact) mass is 355 g/mol. The van der Waals surface area contributed by atoms with E-state index in [0.717, 1.165) is 25.2 Å². The van der Waals surface area contributed by atoms with Gasteiger partial charge in [-0.15, -0.1) is 0 Å². The highest BCUT2D eigenvalue weighted by molar-refractivity contribution is 5.92. The van der Waals surface area contributed by atoms with Gasteiger partial charge in [-0.25, -0.2) is 9.97 Å². The van der Waals surface area contributed by atoms with Crippen LogP contribution in [-0.4, -0.2) is 49.2 Å². The van der Waals surface area contributed by atoms with Crippen LogP contribution >= 0.6 is 0 Å². The molecule has 7 nitrogen and oxygen atoms in total. The molecule has 0 unspecified atom stereocenters. The number of carbonyl (C=O) groups is 1. The maximum Gasteiger partial charge on any atom is 0.270 e. The summed E-state index contributed by atoms with van der Waals surface area (Å²) >= 11 is 0. The molecule has 0 bridgehead atoms. The van der Waals surface area contributed by atoms with E-state index in [1.165, 1.54) is 24.9 Å². The number of rotatable bonds is 8. The van der Waals surface area contributed by atoms with Crippen molar-refractivity contribution in [3.63, 3.8) is 0 Å². The highest BCUT2D eigenvalue weighted by atomic mass is 16.5. The second kappa shape index (κ2) is 9.15. The molecule has 1 aromatic heterocycles. The second-order valence-electron chi connectivity index (χ2n) is 6.26. The number of benzene rings is 1. The molecule has 0 spiro atoms. The van der Waals surface area contributed by atoms with E-state index in [1.54, 1.807) is 13.2 Å². The van der Waals surface area contributed by atoms with Gasteiger partial charge in [0.05, 0.1) is 0 Å². The van der Waals surface area contributed by atoms with Crippen molar-refractivity contribution in [3.8, 4) is 0 Å². The Balaban J connectivity index is 1.58. The van der Waals surface area contributed by atoms with Crippen molar-refractivity contribution in [1.29, 1.82) is 0 Å². The summed E-state index contributed by atoms with van der Waals surface area (Å²) in [5, 5.41) is 6.04. The highest BCUT2D eigenvalue weighted by Gasteiger charge is 2.12. The minimum absolute atomic E-state index is 0.212. The summed E-state index contributed by atoms with van der Waals surface area (Å²) in [7, 11) is 1.64. The number of nitrogens with zero attached hydrogens (tertiary/aromatic N) is 3. The van der Waals surface area contributed by atoms with Gasteiger partial charge in [-0.3, -0.25) is 4.79 Å². The summed E-state index contributed by atoms with van der Waals surface area (Å²) in [6.45, 7) is 3.42. The molecule has 1 aliphatic rings. The Morgan fingerprint density at radius 1 is 1.19 bits per heavy atom. The van der Waals surface area contributed by atoms with Crippen LogP contribution < -0.4 is 15.5 Å². The Kier molecular flexibility index (Phi) is 6.38. The summed E-state index contributed by atoms with van der Waals surface area (Å²) in [6.07, 6.45) is 4.68. The summed E-state index contributed by atoms with van der Waals surface area (Å²) in [4.78, 5) is 22.8. The summed E-state index contributed by atoms with van der Waals surface area (Å²) < 4.78 is 4.97. The lowest BCUT2D eigenvalue weighted by Gasteiger charge is -2.17. The van der Waals surface area contributed by atoms with Gasteiger partial charge in [0, 0.05) is 50.8 Å². The first-order valence-corrected chi connectivity index (χ1v) is 8.97. The average molecular weight is 355 g/mol. The fourth-order valence-corrected chi connectivity index (χ4v) is 2.94. The molecule has 0 radical (unpaired) electrons. The summed E-state index contributed by atoms with van der Waals surface area (Å²) in [5.41, 5.74) is 2.51. The Morgan fingerprint density at radius 3 is 2.69 bits per heavy atom. The molecule has 2 N–H and O–H groups in total. The largest absolute Gasteiger partial charge is 0.385 e. The van der Waals surface area contributed by atoms with Crippen LogP contribution in [-0.2, 0) is 4.74 Å². The number of hydrogen-bond donors (Lipinski definition) is 2. The predicted octanol–water partition coefficient (Wildman–Crippen LogP) is 2.59. The zero-order valence-corrected chi connectivity index (χ0v) is 15.1. The number of carbonyl (C=O) groups excluding carboxylic acids is 1. The van der Waals surface area contributed by atoms with Crippen LogP contribution in [0.4, 0.5) is 17.2 Å². The van der Waals surface area contributed by atoms with Crippen molar-refractivity contribution < 1.29 is 9.53 Å². The van der Waals surface area contributed by atoms with E-state index in [0.29, 0.717) is 24.7 Å². The zero-order chi connectivity index (χ0) is 18.2. The van der Waals surface area contributed by atoms with Gasteiger partial charge >= 0.3 is 0 Å². The molecule has 2 aromatic rings. The van der Waals surface area contributed by atoms with Gasteiger partial charge in [-0.05, 0) is 43.5 Å². The normalized spacial score (nSPS) is 13.7. The van der Waals surface area contributed by atoms with E-state index in [4.69, 9.17) is 4.74 Å². The lowest BCUT2D eigenvalue weighted by atomic mass is 10.2. The van der Waals surface area contributed by atoms with Gasteiger partial charge in [-0.2, -0.15) is 0 Å². The first kappa shape index (κ1) is 18.1. The average Bonchev–Trinajstić information content (AvgIpc) is 3.21. The fourth-order valence-electron chi connectivity index (χ4n) is 2.94. The van der Waals surface area contributed by atoms with E-state index in [-0.39, 0.29) is 5.91 Å². The molecule has 2 heterocycles. The topological polar surface area (TPSA) is 79.4 Å². The van der Waals surface area contributed by atoms with Crippen molar-refractivity contribution in [3.05, 3.63) is 42.4 Å². The van der Waals surface area contributed by atoms with Gasteiger partial charge in [0.2, 0.25) is 0 Å². The third kappa shape index (κ3) is 4.92. The van der Waals surface area contributed by atoms with Gasteiger partial charge in [0.25, 0.3) is 5.91 Å². The molecular weight excluding hydrogens is 330 g/mol. The molecule has 138 valence electrons. The molecule has 0 aliphatic carbocycles. The maximum atomic E-state index is 12.1. The smallest absolute Gasteiger partial charge is 0.270 e. The van der Waals surface area contributed by atoms with Crippen molar-refractivity contribution in [2.75, 3.05) is 43.6 Å². The number of anilines is 3. The van der Waals surface area contributed by atoms with Crippen LogP contribution in [0.25, 0.3) is 0 Å². The summed E-state index contributed by atoms with van der Waals surface area (Å²) in [6, 6.07) is 9.93. The van der Waals surface area contributed by atoms with Crippen molar-refractivity contribution in [1.82, 2.24) is 15.3 Å². The van der Waals surface area contributed by atoms with Crippen molar-refractivity contribution in [2.45, 2.75) is 19.3 Å². The fraction of sp³-hybridized carbons (Fsp3) is 0.421. The molecule has 1 aromatic carbocycles. The lowest BCUT2D eigenvalue weighted by Crippen LogP contribution is -2.26. The lowest BCUT2D eigenvalue weighted by molar-refractivity contribution is 0.0943. The molecule has 1 amide bonds. The van der Waals surface area contributed by atoms with E-state index < -0.39 is 0 Å².